The Labute approximate surface area is 224 Å². The first-order valence-corrected chi connectivity index (χ1v) is 13.9. The zero-order valence-electron chi connectivity index (χ0n) is 21.7. The summed E-state index contributed by atoms with van der Waals surface area (Å²) in [5, 5.41) is 24.1. The van der Waals surface area contributed by atoms with Gasteiger partial charge in [0.15, 0.2) is 5.78 Å². The van der Waals surface area contributed by atoms with Crippen molar-refractivity contribution in [2.45, 2.75) is 76.0 Å². The van der Waals surface area contributed by atoms with Gasteiger partial charge in [-0.2, -0.15) is 0 Å². The van der Waals surface area contributed by atoms with E-state index in [1.165, 1.54) is 27.7 Å². The average Bonchev–Trinajstić information content (AvgIpc) is 3.62. The number of fused-ring (bicyclic) bond motifs is 1. The fraction of sp³-hybridized carbons (Fsp3) is 0.708. The van der Waals surface area contributed by atoms with Gasteiger partial charge in [-0.3, -0.25) is 14.4 Å². The van der Waals surface area contributed by atoms with Gasteiger partial charge in [0.2, 0.25) is 11.8 Å². The zero-order chi connectivity index (χ0) is 27.3. The van der Waals surface area contributed by atoms with Crippen LogP contribution in [0, 0.1) is 17.8 Å². The summed E-state index contributed by atoms with van der Waals surface area (Å²) in [4.78, 5) is 55.0. The Morgan fingerprint density at radius 1 is 1.29 bits per heavy atom. The van der Waals surface area contributed by atoms with Crippen molar-refractivity contribution in [2.24, 2.45) is 23.5 Å². The molecule has 5 rings (SSSR count). The summed E-state index contributed by atoms with van der Waals surface area (Å²) in [6.07, 6.45) is 2.90. The van der Waals surface area contributed by atoms with Crippen molar-refractivity contribution < 1.29 is 24.3 Å². The second kappa shape index (κ2) is 10.4. The summed E-state index contributed by atoms with van der Waals surface area (Å²) in [7, 11) is 0. The lowest BCUT2D eigenvalue weighted by Crippen LogP contribution is -2.62. The Balaban J connectivity index is 1.24. The second-order valence-electron chi connectivity index (χ2n) is 11.0. The van der Waals surface area contributed by atoms with E-state index in [-0.39, 0.29) is 77.5 Å². The number of ketones is 1. The van der Waals surface area contributed by atoms with E-state index in [4.69, 9.17) is 5.73 Å². The molecule has 0 aromatic carbocycles. The van der Waals surface area contributed by atoms with E-state index in [0.717, 1.165) is 6.42 Å². The molecule has 4 N–H and O–H groups in total. The molecule has 3 fully saturated rings. The topological polar surface area (TPSA) is 177 Å². The van der Waals surface area contributed by atoms with E-state index in [1.807, 2.05) is 25.7 Å². The van der Waals surface area contributed by atoms with Crippen LogP contribution in [-0.2, 0) is 25.7 Å². The fourth-order valence-corrected chi connectivity index (χ4v) is 7.97. The van der Waals surface area contributed by atoms with Gasteiger partial charge in [0.05, 0.1) is 18.0 Å². The number of nitrogens with two attached hydrogens (primary N) is 1. The Hall–Kier alpha value is -2.84. The predicted molar refractivity (Wildman–Crippen MR) is 136 cm³/mol. The maximum atomic E-state index is 13.2. The van der Waals surface area contributed by atoms with Gasteiger partial charge >= 0.3 is 5.97 Å². The lowest BCUT2D eigenvalue weighted by atomic mass is 9.73. The Morgan fingerprint density at radius 2 is 2.05 bits per heavy atom. The molecule has 38 heavy (non-hydrogen) atoms. The van der Waals surface area contributed by atoms with Crippen molar-refractivity contribution in [3.8, 4) is 0 Å². The Morgan fingerprint density at radius 3 is 2.68 bits per heavy atom. The summed E-state index contributed by atoms with van der Waals surface area (Å²) in [5.74, 6) is -2.31. The molecule has 0 saturated carbocycles. The minimum Gasteiger partial charge on any atom is -0.477 e. The van der Waals surface area contributed by atoms with E-state index in [2.05, 4.69) is 20.8 Å². The molecule has 1 aromatic rings. The highest BCUT2D eigenvalue weighted by Crippen LogP contribution is 2.53. The van der Waals surface area contributed by atoms with Crippen molar-refractivity contribution in [1.82, 2.24) is 35.3 Å². The molecule has 0 unspecified atom stereocenters. The molecule has 2 amide bonds. The number of Topliss-reactive ketones (excluding diaryl/α,β-unsaturated/α-hetero) is 1. The summed E-state index contributed by atoms with van der Waals surface area (Å²) in [5.41, 5.74) is 6.08. The van der Waals surface area contributed by atoms with Gasteiger partial charge in [-0.25, -0.2) is 9.48 Å². The minimum atomic E-state index is -1.13. The van der Waals surface area contributed by atoms with E-state index in [1.54, 1.807) is 0 Å². The summed E-state index contributed by atoms with van der Waals surface area (Å²) in [6, 6.07) is -0.528. The van der Waals surface area contributed by atoms with Crippen LogP contribution in [0.2, 0.25) is 0 Å². The van der Waals surface area contributed by atoms with Crippen LogP contribution in [0.15, 0.2) is 16.9 Å². The lowest BCUT2D eigenvalue weighted by Gasteiger charge is -2.47. The van der Waals surface area contributed by atoms with Crippen LogP contribution in [0.25, 0.3) is 0 Å². The van der Waals surface area contributed by atoms with E-state index in [9.17, 15) is 24.3 Å². The van der Waals surface area contributed by atoms with Crippen molar-refractivity contribution in [1.29, 1.82) is 0 Å². The highest BCUT2D eigenvalue weighted by molar-refractivity contribution is 8.03. The first-order valence-electron chi connectivity index (χ1n) is 13.1. The molecule has 14 heteroatoms. The van der Waals surface area contributed by atoms with Crippen molar-refractivity contribution in [2.75, 3.05) is 13.1 Å². The normalized spacial score (nSPS) is 33.5. The van der Waals surface area contributed by atoms with Crippen LogP contribution < -0.4 is 11.1 Å². The van der Waals surface area contributed by atoms with E-state index >= 15 is 0 Å². The van der Waals surface area contributed by atoms with Crippen LogP contribution in [0.1, 0.15) is 40.0 Å². The predicted octanol–water partition coefficient (Wildman–Crippen LogP) is -0.547. The number of thioether (sulfide) groups is 1. The van der Waals surface area contributed by atoms with Crippen molar-refractivity contribution in [3.05, 3.63) is 16.9 Å². The summed E-state index contributed by atoms with van der Waals surface area (Å²) in [6.45, 7) is 6.97. The molecule has 0 aliphatic carbocycles. The molecule has 13 nitrogen and oxygen atoms in total. The maximum absolute atomic E-state index is 13.2. The number of nitrogens with zero attached hydrogens (tertiary/aromatic N) is 6. The third-order valence-electron chi connectivity index (χ3n) is 8.26. The third-order valence-corrected chi connectivity index (χ3v) is 9.77. The molecule has 5 heterocycles. The Bertz CT molecular complexity index is 1160. The number of aliphatic carboxylic acids is 1. The third kappa shape index (κ3) is 4.73. The number of hydrogen-bond donors (Lipinski definition) is 3. The molecule has 0 spiro atoms. The quantitative estimate of drug-likeness (QED) is 0.339. The molecule has 1 aromatic heterocycles. The molecule has 0 radical (unpaired) electrons. The zero-order valence-corrected chi connectivity index (χ0v) is 22.5. The molecule has 206 valence electrons. The molecule has 8 atom stereocenters. The molecule has 0 bridgehead atoms. The van der Waals surface area contributed by atoms with Crippen LogP contribution in [0.3, 0.4) is 0 Å². The van der Waals surface area contributed by atoms with Crippen molar-refractivity contribution >= 4 is 35.3 Å². The minimum absolute atomic E-state index is 0.00425. The maximum Gasteiger partial charge on any atom is 0.353 e. The summed E-state index contributed by atoms with van der Waals surface area (Å²) < 4.78 is 1.34. The fourth-order valence-electron chi connectivity index (χ4n) is 6.49. The van der Waals surface area contributed by atoms with Crippen LogP contribution in [0.5, 0.6) is 0 Å². The largest absolute Gasteiger partial charge is 0.477 e. The first kappa shape index (κ1) is 26.8. The van der Waals surface area contributed by atoms with E-state index in [0.29, 0.717) is 24.4 Å². The van der Waals surface area contributed by atoms with Gasteiger partial charge in [0.1, 0.15) is 18.6 Å². The van der Waals surface area contributed by atoms with Gasteiger partial charge in [-0.1, -0.05) is 13.8 Å². The number of nitrogens with one attached hydrogen (secondary N) is 1. The highest BCUT2D eigenvalue weighted by Gasteiger charge is 2.60. The number of tetrazole rings is 1. The van der Waals surface area contributed by atoms with Crippen LogP contribution >= 0.6 is 11.8 Å². The second-order valence-corrected chi connectivity index (χ2v) is 12.4. The number of carbonyl (C=O) groups excluding carboxylic acids is 3. The molecular formula is C24H34N8O5S. The van der Waals surface area contributed by atoms with Gasteiger partial charge in [-0.05, 0) is 36.1 Å². The lowest BCUT2D eigenvalue weighted by molar-refractivity contribution is -0.160. The molecule has 4 aliphatic heterocycles. The highest BCUT2D eigenvalue weighted by atomic mass is 32.2. The number of carbonyl (C=O) groups is 4. The molecule has 4 aliphatic rings. The average molecular weight is 547 g/mol. The number of carboxylic acids is 1. The molecule has 3 saturated heterocycles. The van der Waals surface area contributed by atoms with Crippen LogP contribution in [0.4, 0.5) is 0 Å². The van der Waals surface area contributed by atoms with Gasteiger partial charge in [0, 0.05) is 47.7 Å². The smallest absolute Gasteiger partial charge is 0.353 e. The monoisotopic (exact) mass is 546 g/mol. The Kier molecular flexibility index (Phi) is 7.31. The SMILES string of the molecule is C[C@@H]1C[C@@H](N)CN1C(=O)[C@@H]1C[C@H](SC2=C(C(=O)O)N3C(=O)[C@H]([C@@H](C)CC(=O)Cn4cnnn4)[C@H]3[C@H]2C)CN1. The first-order chi connectivity index (χ1) is 18.1. The van der Waals surface area contributed by atoms with Crippen LogP contribution in [-0.4, -0.2) is 101 Å². The van der Waals surface area contributed by atoms with Gasteiger partial charge in [-0.15, -0.1) is 16.9 Å². The number of hydrogen-bond acceptors (Lipinski definition) is 10. The number of likely N-dealkylation sites (tertiary alicyclic amines) is 1. The standard InChI is InChI=1S/C24H34N8O5S/c1-11(4-15(33)9-30-10-27-28-29-30)18-19-13(3)21(20(24(36)37)32(19)23(18)35)38-16-6-17(26-7-16)22(34)31-8-14(25)5-12(31)2/h10-14,16-19,26H,4-9,25H2,1-3H3,(H,36,37)/t11-,12+,13+,14+,16-,17-,18+,19+/m0/s1. The number of β-lactam (4-membered cyclic amide) rings is 1. The van der Waals surface area contributed by atoms with Gasteiger partial charge in [0.25, 0.3) is 0 Å². The number of carboxylic acid groups (broad SMARTS) is 1. The van der Waals surface area contributed by atoms with Gasteiger partial charge < -0.3 is 26.0 Å². The molecular weight excluding hydrogens is 512 g/mol. The van der Waals surface area contributed by atoms with Crippen molar-refractivity contribution in [3.63, 3.8) is 0 Å². The van der Waals surface area contributed by atoms with E-state index < -0.39 is 11.9 Å². The number of amides is 2. The number of aromatic nitrogens is 4. The number of rotatable bonds is 9. The summed E-state index contributed by atoms with van der Waals surface area (Å²) >= 11 is 1.46.